The van der Waals surface area contributed by atoms with E-state index >= 15 is 0 Å². The van der Waals surface area contributed by atoms with E-state index in [1.54, 1.807) is 24.1 Å². The molecule has 2 aromatic carbocycles. The Balaban J connectivity index is 1.53. The maximum absolute atomic E-state index is 14.2. The second kappa shape index (κ2) is 25.7. The minimum Gasteiger partial charge on any atom is -0.490 e. The normalized spacial score (nSPS) is 23.2. The molecule has 5 rings (SSSR count). The summed E-state index contributed by atoms with van der Waals surface area (Å²) in [6, 6.07) is 15.3. The Hall–Kier alpha value is -4.12. The molecule has 0 unspecified atom stereocenters. The van der Waals surface area contributed by atoms with Gasteiger partial charge in [-0.25, -0.2) is 4.79 Å². The first-order valence-corrected chi connectivity index (χ1v) is 23.3. The van der Waals surface area contributed by atoms with E-state index in [0.29, 0.717) is 44.0 Å². The van der Waals surface area contributed by atoms with Gasteiger partial charge in [0.15, 0.2) is 0 Å². The van der Waals surface area contributed by atoms with Gasteiger partial charge in [-0.3, -0.25) is 0 Å². The van der Waals surface area contributed by atoms with Crippen LogP contribution in [-0.4, -0.2) is 78.8 Å². The smallest absolute Gasteiger partial charge is 0.409 e. The summed E-state index contributed by atoms with van der Waals surface area (Å²) in [4.78, 5) is 22.0. The van der Waals surface area contributed by atoms with E-state index in [1.165, 1.54) is 44.9 Å². The number of hydrogen-bond acceptors (Lipinski definition) is 9. The van der Waals surface area contributed by atoms with Gasteiger partial charge in [0, 0.05) is 38.2 Å². The maximum atomic E-state index is 14.2. The fourth-order valence-corrected chi connectivity index (χ4v) is 9.71. The first-order valence-electron chi connectivity index (χ1n) is 23.3. The van der Waals surface area contributed by atoms with Crippen LogP contribution in [0.3, 0.4) is 0 Å². The third-order valence-electron chi connectivity index (χ3n) is 12.7. The van der Waals surface area contributed by atoms with Crippen molar-refractivity contribution in [3.8, 4) is 11.5 Å². The maximum Gasteiger partial charge on any atom is 0.409 e. The quantitative estimate of drug-likeness (QED) is 0.0472. The van der Waals surface area contributed by atoms with Crippen LogP contribution < -0.4 is 9.47 Å². The number of oxime groups is 1. The van der Waals surface area contributed by atoms with Crippen LogP contribution >= 0.6 is 0 Å². The van der Waals surface area contributed by atoms with E-state index < -0.39 is 23.8 Å². The number of fused-ring (bicyclic) bond motifs is 2. The number of carbonyl (C=O) groups excluding carboxylic acids is 1. The zero-order valence-electron chi connectivity index (χ0n) is 37.2. The first kappa shape index (κ1) is 47.9. The van der Waals surface area contributed by atoms with Crippen LogP contribution in [0, 0.1) is 17.8 Å². The number of allylic oxidation sites excluding steroid dienone is 1. The summed E-state index contributed by atoms with van der Waals surface area (Å²) in [5.41, 5.74) is 3.74. The van der Waals surface area contributed by atoms with Gasteiger partial charge in [-0.2, -0.15) is 0 Å². The second-order valence-electron chi connectivity index (χ2n) is 17.0. The molecule has 336 valence electrons. The standard InChI is InChI=1S/C51H74N2O8/c1-5-8-9-10-11-12-13-14-15-23-34-58-50(56)53(4)47-37-45(52-60-38-39-24-17-16-18-25-39)43-35-40(26-19-21-30-54)42(27-20-22-31-55)48-44-36-41(57-32-6-2)28-29-46(44)61-51(47,49(43)48)59-33-7-3/h6-7,16-18,24-25,28-29,35-36,40,42,47-49,54-55H,2-3,5,8-15,19-23,26-27,30-34,37-38H2,1,4H3/t40-,42+,47-,48+,49+,51+/m0/s1. The molecule has 2 aliphatic carbocycles. The summed E-state index contributed by atoms with van der Waals surface area (Å²) >= 11 is 0. The third-order valence-corrected chi connectivity index (χ3v) is 12.7. The molecule has 0 aromatic heterocycles. The zero-order valence-corrected chi connectivity index (χ0v) is 37.2. The Morgan fingerprint density at radius 3 is 2.26 bits per heavy atom. The number of benzene rings is 2. The summed E-state index contributed by atoms with van der Waals surface area (Å²) in [7, 11) is 1.78. The monoisotopic (exact) mass is 843 g/mol. The highest BCUT2D eigenvalue weighted by atomic mass is 16.7. The largest absolute Gasteiger partial charge is 0.490 e. The van der Waals surface area contributed by atoms with Gasteiger partial charge in [-0.1, -0.05) is 138 Å². The minimum absolute atomic E-state index is 0.113. The van der Waals surface area contributed by atoms with Crippen LogP contribution in [0.5, 0.6) is 11.5 Å². The van der Waals surface area contributed by atoms with E-state index in [9.17, 15) is 15.0 Å². The Bertz CT molecular complexity index is 1700. The molecule has 10 heteroatoms. The highest BCUT2D eigenvalue weighted by Crippen LogP contribution is 2.61. The van der Waals surface area contributed by atoms with Crippen molar-refractivity contribution in [2.45, 2.75) is 140 Å². The van der Waals surface area contributed by atoms with Gasteiger partial charge in [0.2, 0.25) is 5.79 Å². The molecule has 0 spiro atoms. The molecule has 2 aromatic rings. The summed E-state index contributed by atoms with van der Waals surface area (Å²) in [5.74, 6) is -0.255. The molecule has 1 saturated carbocycles. The van der Waals surface area contributed by atoms with Crippen molar-refractivity contribution >= 4 is 11.8 Å². The van der Waals surface area contributed by atoms with Gasteiger partial charge >= 0.3 is 6.09 Å². The SMILES string of the molecule is C=CCOc1ccc2c(c1)[C@H]1[C@H](CCCCO)[C@@H](CCCCO)C=C3C(=NOCc4ccccc4)C[C@H](N(C)C(=O)OCCCCCCCCCCCC)[C@@](OCC=C)(O2)[C@H]31. The summed E-state index contributed by atoms with van der Waals surface area (Å²) < 4.78 is 26.4. The minimum atomic E-state index is -1.34. The Kier molecular flexibility index (Phi) is 20.2. The number of nitrogens with zero attached hydrogens (tertiary/aromatic N) is 2. The molecule has 1 amide bonds. The highest BCUT2D eigenvalue weighted by Gasteiger charge is 2.65. The molecule has 2 N–H and O–H groups in total. The van der Waals surface area contributed by atoms with E-state index in [0.717, 1.165) is 67.4 Å². The van der Waals surface area contributed by atoms with Gasteiger partial charge in [0.05, 0.1) is 24.8 Å². The molecule has 10 nitrogen and oxygen atoms in total. The fourth-order valence-electron chi connectivity index (χ4n) is 9.71. The summed E-state index contributed by atoms with van der Waals surface area (Å²) in [6.45, 7) is 11.6. The van der Waals surface area contributed by atoms with Crippen molar-refractivity contribution in [1.82, 2.24) is 4.90 Å². The lowest BCUT2D eigenvalue weighted by Crippen LogP contribution is -2.69. The Morgan fingerprint density at radius 1 is 0.885 bits per heavy atom. The van der Waals surface area contributed by atoms with Crippen molar-refractivity contribution < 1.29 is 38.8 Å². The van der Waals surface area contributed by atoms with Gasteiger partial charge in [-0.15, -0.1) is 6.58 Å². The number of likely N-dealkylation sites (N-methyl/N-ethyl adjacent to an activating group) is 1. The molecule has 1 heterocycles. The van der Waals surface area contributed by atoms with Crippen molar-refractivity contribution in [3.63, 3.8) is 0 Å². The number of carbonyl (C=O) groups is 1. The van der Waals surface area contributed by atoms with Crippen LogP contribution in [0.25, 0.3) is 0 Å². The van der Waals surface area contributed by atoms with Gasteiger partial charge in [-0.05, 0) is 73.3 Å². The topological polar surface area (TPSA) is 119 Å². The Labute approximate surface area is 366 Å². The molecule has 3 aliphatic rings. The lowest BCUT2D eigenvalue weighted by atomic mass is 9.55. The van der Waals surface area contributed by atoms with Gasteiger partial charge in [0.1, 0.15) is 30.8 Å². The van der Waals surface area contributed by atoms with E-state index in [1.807, 2.05) is 42.5 Å². The number of aliphatic hydroxyl groups excluding tert-OH is 2. The van der Waals surface area contributed by atoms with Crippen LogP contribution in [0.4, 0.5) is 4.79 Å². The third kappa shape index (κ3) is 13.0. The van der Waals surface area contributed by atoms with Crippen molar-refractivity contribution in [2.75, 3.05) is 40.1 Å². The van der Waals surface area contributed by atoms with Gasteiger partial charge in [0.25, 0.3) is 0 Å². The molecule has 0 bridgehead atoms. The Morgan fingerprint density at radius 2 is 1.57 bits per heavy atom. The molecular formula is C51H74N2O8. The lowest BCUT2D eigenvalue weighted by Gasteiger charge is -2.59. The van der Waals surface area contributed by atoms with E-state index in [-0.39, 0.29) is 44.2 Å². The predicted molar refractivity (Wildman–Crippen MR) is 243 cm³/mol. The fraction of sp³-hybridized carbons (Fsp3) is 0.608. The zero-order chi connectivity index (χ0) is 43.3. The summed E-state index contributed by atoms with van der Waals surface area (Å²) in [6.07, 6.45) is 22.4. The number of ether oxygens (including phenoxy) is 4. The average molecular weight is 843 g/mol. The summed E-state index contributed by atoms with van der Waals surface area (Å²) in [5, 5.41) is 24.7. The molecule has 0 radical (unpaired) electrons. The van der Waals surface area contributed by atoms with E-state index in [4.69, 9.17) is 28.9 Å². The van der Waals surface area contributed by atoms with Crippen molar-refractivity contribution in [2.24, 2.45) is 22.9 Å². The van der Waals surface area contributed by atoms with Crippen LogP contribution in [0.2, 0.25) is 0 Å². The first-order chi connectivity index (χ1) is 29.9. The van der Waals surface area contributed by atoms with Crippen molar-refractivity contribution in [3.05, 3.63) is 96.6 Å². The van der Waals surface area contributed by atoms with Gasteiger partial charge < -0.3 is 38.9 Å². The molecule has 1 fully saturated rings. The molecule has 6 atom stereocenters. The molecule has 1 aliphatic heterocycles. The van der Waals surface area contributed by atoms with Crippen molar-refractivity contribution in [1.29, 1.82) is 0 Å². The predicted octanol–water partition coefficient (Wildman–Crippen LogP) is 11.1. The highest BCUT2D eigenvalue weighted by molar-refractivity contribution is 6.02. The van der Waals surface area contributed by atoms with Crippen LogP contribution in [-0.2, 0) is 20.9 Å². The number of rotatable bonds is 29. The number of unbranched alkanes of at least 4 members (excludes halogenated alkanes) is 11. The second-order valence-corrected chi connectivity index (χ2v) is 17.0. The van der Waals surface area contributed by atoms with Crippen LogP contribution in [0.1, 0.15) is 133 Å². The molecular weight excluding hydrogens is 769 g/mol. The number of hydrogen-bond donors (Lipinski definition) is 2. The van der Waals surface area contributed by atoms with Crippen LogP contribution in [0.15, 0.2) is 90.6 Å². The molecule has 0 saturated heterocycles. The lowest BCUT2D eigenvalue weighted by molar-refractivity contribution is -0.253. The number of amides is 1. The molecule has 61 heavy (non-hydrogen) atoms. The average Bonchev–Trinajstić information content (AvgIpc) is 3.28. The number of aliphatic hydroxyl groups is 2. The van der Waals surface area contributed by atoms with E-state index in [2.05, 4.69) is 32.2 Å².